The van der Waals surface area contributed by atoms with Crippen LogP contribution in [0.2, 0.25) is 0 Å². The molecular formula is C5H7N3O3. The summed E-state index contributed by atoms with van der Waals surface area (Å²) in [6.07, 6.45) is 1.15. The highest BCUT2D eigenvalue weighted by atomic mass is 16.6. The van der Waals surface area contributed by atoms with Crippen LogP contribution in [0.1, 0.15) is 0 Å². The molecule has 0 saturated heterocycles. The Labute approximate surface area is 62.6 Å². The van der Waals surface area contributed by atoms with Crippen LogP contribution in [0.5, 0.6) is 6.01 Å². The Balaban J connectivity index is 3.10. The molecule has 1 aromatic heterocycles. The molecule has 1 aromatic rings. The lowest BCUT2D eigenvalue weighted by Crippen LogP contribution is -1.99. The van der Waals surface area contributed by atoms with E-state index in [1.165, 1.54) is 18.7 Å². The highest BCUT2D eigenvalue weighted by Crippen LogP contribution is 2.16. The maximum absolute atomic E-state index is 10.2. The molecule has 0 unspecified atom stereocenters. The normalized spacial score (nSPS) is 9.64. The van der Waals surface area contributed by atoms with Gasteiger partial charge in [-0.25, -0.2) is 0 Å². The first-order valence-electron chi connectivity index (χ1n) is 2.87. The van der Waals surface area contributed by atoms with Crippen molar-refractivity contribution < 1.29 is 9.66 Å². The fourth-order valence-electron chi connectivity index (χ4n) is 0.743. The van der Waals surface area contributed by atoms with Crippen molar-refractivity contribution in [3.63, 3.8) is 0 Å². The summed E-state index contributed by atoms with van der Waals surface area (Å²) in [6, 6.07) is 0.233. The van der Waals surface area contributed by atoms with Gasteiger partial charge < -0.3 is 14.9 Å². The Morgan fingerprint density at radius 3 is 2.73 bits per heavy atom. The molecule has 0 saturated carbocycles. The zero-order valence-corrected chi connectivity index (χ0v) is 6.14. The van der Waals surface area contributed by atoms with Crippen LogP contribution in [-0.2, 0) is 7.05 Å². The van der Waals surface area contributed by atoms with E-state index in [0.717, 1.165) is 6.20 Å². The van der Waals surface area contributed by atoms with E-state index in [1.807, 2.05) is 0 Å². The molecule has 0 spiro atoms. The van der Waals surface area contributed by atoms with Gasteiger partial charge in [-0.05, 0) is 4.92 Å². The predicted octanol–water partition coefficient (Wildman–Crippen LogP) is 0.337. The van der Waals surface area contributed by atoms with Gasteiger partial charge in [0.25, 0.3) is 0 Å². The fourth-order valence-corrected chi connectivity index (χ4v) is 0.743. The minimum atomic E-state index is -0.518. The van der Waals surface area contributed by atoms with Crippen LogP contribution in [0.25, 0.3) is 0 Å². The van der Waals surface area contributed by atoms with E-state index in [0.29, 0.717) is 0 Å². The monoisotopic (exact) mass is 157 g/mol. The molecule has 0 aliphatic heterocycles. The van der Waals surface area contributed by atoms with Gasteiger partial charge in [-0.2, -0.15) is 9.55 Å². The second kappa shape index (κ2) is 2.57. The summed E-state index contributed by atoms with van der Waals surface area (Å²) in [5.41, 5.74) is 0. The number of ether oxygens (including phenoxy) is 1. The second-order valence-corrected chi connectivity index (χ2v) is 1.92. The Kier molecular flexibility index (Phi) is 1.75. The van der Waals surface area contributed by atoms with Gasteiger partial charge in [0, 0.05) is 0 Å². The van der Waals surface area contributed by atoms with Gasteiger partial charge >= 0.3 is 11.8 Å². The fraction of sp³-hybridized carbons (Fsp3) is 0.400. The van der Waals surface area contributed by atoms with E-state index in [9.17, 15) is 10.1 Å². The molecule has 0 aliphatic carbocycles. The van der Waals surface area contributed by atoms with E-state index >= 15 is 0 Å². The maximum atomic E-state index is 10.2. The lowest BCUT2D eigenvalue weighted by Gasteiger charge is -1.94. The standard InChI is InChI=1S/C5H7N3O3/c1-7-4(8(9)10)3-6-5(7)11-2/h3H,1-2H3. The summed E-state index contributed by atoms with van der Waals surface area (Å²) in [4.78, 5) is 13.4. The zero-order chi connectivity index (χ0) is 8.43. The number of hydrogen-bond donors (Lipinski definition) is 0. The molecule has 0 aliphatic rings. The number of nitrogens with zero attached hydrogens (tertiary/aromatic N) is 3. The highest BCUT2D eigenvalue weighted by Gasteiger charge is 2.15. The summed E-state index contributed by atoms with van der Waals surface area (Å²) in [5.74, 6) is -0.0816. The Morgan fingerprint density at radius 2 is 2.45 bits per heavy atom. The molecule has 0 radical (unpaired) electrons. The van der Waals surface area contributed by atoms with Crippen LogP contribution in [-0.4, -0.2) is 21.6 Å². The molecule has 6 heteroatoms. The van der Waals surface area contributed by atoms with E-state index in [4.69, 9.17) is 4.74 Å². The summed E-state index contributed by atoms with van der Waals surface area (Å²) >= 11 is 0. The molecule has 0 atom stereocenters. The number of nitro groups is 1. The topological polar surface area (TPSA) is 70.2 Å². The van der Waals surface area contributed by atoms with Crippen LogP contribution in [0, 0.1) is 10.1 Å². The van der Waals surface area contributed by atoms with Crippen LogP contribution in [0.3, 0.4) is 0 Å². The third kappa shape index (κ3) is 1.14. The summed E-state index contributed by atoms with van der Waals surface area (Å²) in [7, 11) is 2.93. The minimum Gasteiger partial charge on any atom is -0.451 e. The van der Waals surface area contributed by atoms with E-state index in [2.05, 4.69) is 4.98 Å². The summed E-state index contributed by atoms with van der Waals surface area (Å²) in [5, 5.41) is 10.2. The van der Waals surface area contributed by atoms with Gasteiger partial charge in [-0.1, -0.05) is 0 Å². The molecule has 0 aromatic carbocycles. The number of imidazole rings is 1. The van der Waals surface area contributed by atoms with Crippen LogP contribution >= 0.6 is 0 Å². The number of methoxy groups -OCH3 is 1. The van der Waals surface area contributed by atoms with Crippen molar-refractivity contribution in [3.05, 3.63) is 16.3 Å². The van der Waals surface area contributed by atoms with Crippen LogP contribution < -0.4 is 4.74 Å². The van der Waals surface area contributed by atoms with Crippen molar-refractivity contribution in [2.75, 3.05) is 7.11 Å². The van der Waals surface area contributed by atoms with Gasteiger partial charge in [-0.15, -0.1) is 0 Å². The van der Waals surface area contributed by atoms with Crippen molar-refractivity contribution in [2.24, 2.45) is 7.05 Å². The Morgan fingerprint density at radius 1 is 1.82 bits per heavy atom. The quantitative estimate of drug-likeness (QED) is 0.458. The van der Waals surface area contributed by atoms with E-state index < -0.39 is 4.92 Å². The third-order valence-corrected chi connectivity index (χ3v) is 1.29. The Hall–Kier alpha value is -1.59. The zero-order valence-electron chi connectivity index (χ0n) is 6.14. The molecule has 1 heterocycles. The van der Waals surface area contributed by atoms with Crippen LogP contribution in [0.4, 0.5) is 5.82 Å². The van der Waals surface area contributed by atoms with Crippen molar-refractivity contribution in [2.45, 2.75) is 0 Å². The van der Waals surface area contributed by atoms with Crippen molar-refractivity contribution >= 4 is 5.82 Å². The molecule has 0 fully saturated rings. The molecule has 60 valence electrons. The largest absolute Gasteiger partial charge is 0.451 e. The number of hydrogen-bond acceptors (Lipinski definition) is 4. The molecule has 0 bridgehead atoms. The first-order valence-corrected chi connectivity index (χ1v) is 2.87. The Bertz CT molecular complexity index is 281. The van der Waals surface area contributed by atoms with Crippen molar-refractivity contribution in [1.29, 1.82) is 0 Å². The molecule has 0 amide bonds. The molecule has 0 N–H and O–H groups in total. The minimum absolute atomic E-state index is 0.0816. The molecular weight excluding hydrogens is 150 g/mol. The summed E-state index contributed by atoms with van der Waals surface area (Å²) in [6.45, 7) is 0. The van der Waals surface area contributed by atoms with Crippen molar-refractivity contribution in [1.82, 2.24) is 9.55 Å². The third-order valence-electron chi connectivity index (χ3n) is 1.29. The highest BCUT2D eigenvalue weighted by molar-refractivity contribution is 5.21. The lowest BCUT2D eigenvalue weighted by molar-refractivity contribution is -0.391. The van der Waals surface area contributed by atoms with E-state index in [1.54, 1.807) is 0 Å². The second-order valence-electron chi connectivity index (χ2n) is 1.92. The number of rotatable bonds is 2. The SMILES string of the molecule is COc1ncc([N+](=O)[O-])n1C. The molecule has 11 heavy (non-hydrogen) atoms. The van der Waals surface area contributed by atoms with Gasteiger partial charge in [0.2, 0.25) is 0 Å². The van der Waals surface area contributed by atoms with E-state index in [-0.39, 0.29) is 11.8 Å². The van der Waals surface area contributed by atoms with Gasteiger partial charge in [0.1, 0.15) is 6.20 Å². The average Bonchev–Trinajstić information content (AvgIpc) is 2.30. The first-order chi connectivity index (χ1) is 5.16. The lowest BCUT2D eigenvalue weighted by atomic mass is 10.8. The maximum Gasteiger partial charge on any atom is 0.390 e. The van der Waals surface area contributed by atoms with Gasteiger partial charge in [0.05, 0.1) is 14.2 Å². The number of aromatic nitrogens is 2. The summed E-state index contributed by atoms with van der Waals surface area (Å²) < 4.78 is 5.99. The average molecular weight is 157 g/mol. The van der Waals surface area contributed by atoms with Gasteiger partial charge in [0.15, 0.2) is 0 Å². The molecule has 6 nitrogen and oxygen atoms in total. The van der Waals surface area contributed by atoms with Crippen LogP contribution in [0.15, 0.2) is 6.20 Å². The smallest absolute Gasteiger partial charge is 0.390 e. The first kappa shape index (κ1) is 7.52. The molecule has 1 rings (SSSR count). The van der Waals surface area contributed by atoms with Crippen molar-refractivity contribution in [3.8, 4) is 6.01 Å². The van der Waals surface area contributed by atoms with Gasteiger partial charge in [-0.3, -0.25) is 0 Å². The predicted molar refractivity (Wildman–Crippen MR) is 36.4 cm³/mol.